The number of piperidine rings is 1. The third-order valence-corrected chi connectivity index (χ3v) is 6.07. The van der Waals surface area contributed by atoms with E-state index in [0.29, 0.717) is 6.07 Å². The van der Waals surface area contributed by atoms with Crippen molar-refractivity contribution in [3.8, 4) is 5.75 Å². The van der Waals surface area contributed by atoms with Crippen LogP contribution in [0.15, 0.2) is 37.2 Å². The predicted molar refractivity (Wildman–Crippen MR) is 130 cm³/mol. The highest BCUT2D eigenvalue weighted by molar-refractivity contribution is 5.94. The minimum atomic E-state index is -1.50. The van der Waals surface area contributed by atoms with Crippen molar-refractivity contribution in [2.24, 2.45) is 5.92 Å². The summed E-state index contributed by atoms with van der Waals surface area (Å²) in [5.74, 6) is -7.98. The van der Waals surface area contributed by atoms with Gasteiger partial charge in [-0.3, -0.25) is 19.2 Å². The number of rotatable bonds is 11. The summed E-state index contributed by atoms with van der Waals surface area (Å²) in [4.78, 5) is 59.9. The van der Waals surface area contributed by atoms with Crippen molar-refractivity contribution in [1.82, 2.24) is 20.2 Å². The van der Waals surface area contributed by atoms with Crippen molar-refractivity contribution in [1.29, 1.82) is 0 Å². The molecule has 208 valence electrons. The summed E-state index contributed by atoms with van der Waals surface area (Å²) >= 11 is 0. The first-order valence-corrected chi connectivity index (χ1v) is 12.0. The molecule has 2 aromatic rings. The van der Waals surface area contributed by atoms with Crippen LogP contribution in [0.25, 0.3) is 0 Å². The van der Waals surface area contributed by atoms with Crippen LogP contribution in [0.5, 0.6) is 5.75 Å². The Hall–Kier alpha value is -4.29. The van der Waals surface area contributed by atoms with Gasteiger partial charge < -0.3 is 19.7 Å². The Labute approximate surface area is 222 Å². The lowest BCUT2D eigenvalue weighted by atomic mass is 9.95. The van der Waals surface area contributed by atoms with E-state index in [9.17, 15) is 32.3 Å². The van der Waals surface area contributed by atoms with Crippen LogP contribution in [0.4, 0.5) is 13.2 Å². The molecule has 0 unspecified atom stereocenters. The first-order valence-electron chi connectivity index (χ1n) is 12.0. The average Bonchev–Trinajstić information content (AvgIpc) is 2.94. The number of hydrogen-bond acceptors (Lipinski definition) is 8. The summed E-state index contributed by atoms with van der Waals surface area (Å²) in [6.07, 6.45) is 4.19. The van der Waals surface area contributed by atoms with Crippen LogP contribution in [-0.2, 0) is 19.1 Å². The molecular weight excluding hydrogens is 521 g/mol. The van der Waals surface area contributed by atoms with Crippen LogP contribution in [0.1, 0.15) is 35.4 Å². The summed E-state index contributed by atoms with van der Waals surface area (Å²) in [5, 5.41) is 2.49. The van der Waals surface area contributed by atoms with Gasteiger partial charge >= 0.3 is 5.97 Å². The number of aromatic nitrogens is 2. The summed E-state index contributed by atoms with van der Waals surface area (Å²) < 4.78 is 51.5. The molecule has 13 heteroatoms. The molecule has 10 nitrogen and oxygen atoms in total. The molecule has 2 heterocycles. The summed E-state index contributed by atoms with van der Waals surface area (Å²) in [6, 6.07) is 0.509. The Morgan fingerprint density at radius 2 is 1.82 bits per heavy atom. The number of halogens is 3. The van der Waals surface area contributed by atoms with Gasteiger partial charge in [-0.15, -0.1) is 0 Å². The summed E-state index contributed by atoms with van der Waals surface area (Å²) in [5.41, 5.74) is -0.352. The Morgan fingerprint density at radius 3 is 2.46 bits per heavy atom. The van der Waals surface area contributed by atoms with E-state index in [1.807, 2.05) is 0 Å². The van der Waals surface area contributed by atoms with E-state index in [-0.39, 0.29) is 49.8 Å². The number of esters is 1. The van der Waals surface area contributed by atoms with Crippen molar-refractivity contribution in [2.75, 3.05) is 26.3 Å². The molecular formula is C26H27F3N4O6. The zero-order chi connectivity index (χ0) is 28.5. The number of carbonyl (C=O) groups excluding carboxylic acids is 4. The molecule has 0 spiro atoms. The first-order chi connectivity index (χ1) is 18.6. The lowest BCUT2D eigenvalue weighted by molar-refractivity contribution is -0.145. The smallest absolute Gasteiger partial charge is 0.308 e. The van der Waals surface area contributed by atoms with E-state index in [1.54, 1.807) is 6.07 Å². The molecule has 2 amide bonds. The van der Waals surface area contributed by atoms with Gasteiger partial charge in [-0.1, -0.05) is 12.7 Å². The van der Waals surface area contributed by atoms with Crippen LogP contribution in [-0.4, -0.2) is 70.8 Å². The number of Topliss-reactive ketones (excluding diaryl/α,β-unsaturated/α-hetero) is 1. The number of hydrogen-bond donors (Lipinski definition) is 1. The quantitative estimate of drug-likeness (QED) is 0.258. The molecule has 0 radical (unpaired) electrons. The number of nitrogens with one attached hydrogen (secondary N) is 1. The van der Waals surface area contributed by atoms with Gasteiger partial charge in [0.25, 0.3) is 5.91 Å². The standard InChI is InChI=1S/C26H27F3N4O6/c1-3-11-38-21(35)13-19(20(34)14-39-23-15(2)17(27)12-18(28)22(23)29)32-25(36)16-5-9-33(10-6-16)26(37)24-30-7-4-8-31-24/h3-4,7-8,12,16,19H,1,5-6,9-11,13-14H2,2H3,(H,32,36)/t19-/m0/s1. The van der Waals surface area contributed by atoms with Gasteiger partial charge in [0, 0.05) is 43.0 Å². The van der Waals surface area contributed by atoms with Crippen LogP contribution in [0, 0.1) is 30.3 Å². The summed E-state index contributed by atoms with van der Waals surface area (Å²) in [6.45, 7) is 4.03. The van der Waals surface area contributed by atoms with Crippen LogP contribution in [0.3, 0.4) is 0 Å². The fourth-order valence-corrected chi connectivity index (χ4v) is 3.89. The second-order valence-electron chi connectivity index (χ2n) is 8.74. The zero-order valence-electron chi connectivity index (χ0n) is 21.1. The third-order valence-electron chi connectivity index (χ3n) is 6.07. The monoisotopic (exact) mass is 548 g/mol. The van der Waals surface area contributed by atoms with E-state index in [2.05, 4.69) is 21.9 Å². The molecule has 1 fully saturated rings. The van der Waals surface area contributed by atoms with Crippen molar-refractivity contribution in [3.05, 3.63) is 66.0 Å². The number of carbonyl (C=O) groups is 4. The molecule has 1 aromatic heterocycles. The number of likely N-dealkylation sites (tertiary alicyclic amines) is 1. The molecule has 1 N–H and O–H groups in total. The largest absolute Gasteiger partial charge is 0.482 e. The normalized spacial score (nSPS) is 14.3. The van der Waals surface area contributed by atoms with Crippen molar-refractivity contribution < 1.29 is 41.8 Å². The molecule has 1 saturated heterocycles. The van der Waals surface area contributed by atoms with Gasteiger partial charge in [0.1, 0.15) is 25.1 Å². The Balaban J connectivity index is 1.64. The molecule has 1 aliphatic heterocycles. The van der Waals surface area contributed by atoms with Gasteiger partial charge in [-0.05, 0) is 25.8 Å². The van der Waals surface area contributed by atoms with Crippen molar-refractivity contribution >= 4 is 23.6 Å². The Morgan fingerprint density at radius 1 is 1.15 bits per heavy atom. The van der Waals surface area contributed by atoms with Crippen LogP contribution < -0.4 is 10.1 Å². The maximum atomic E-state index is 14.1. The fraction of sp³-hybridized carbons (Fsp3) is 0.385. The lowest BCUT2D eigenvalue weighted by Gasteiger charge is -2.31. The molecule has 39 heavy (non-hydrogen) atoms. The van der Waals surface area contributed by atoms with E-state index >= 15 is 0 Å². The highest BCUT2D eigenvalue weighted by atomic mass is 19.2. The third kappa shape index (κ3) is 7.62. The van der Waals surface area contributed by atoms with Gasteiger partial charge in [-0.25, -0.2) is 18.7 Å². The maximum absolute atomic E-state index is 14.1. The lowest BCUT2D eigenvalue weighted by Crippen LogP contribution is -2.49. The number of benzene rings is 1. The zero-order valence-corrected chi connectivity index (χ0v) is 21.1. The molecule has 0 aliphatic carbocycles. The topological polar surface area (TPSA) is 128 Å². The number of nitrogens with zero attached hydrogens (tertiary/aromatic N) is 3. The fourth-order valence-electron chi connectivity index (χ4n) is 3.89. The second kappa shape index (κ2) is 13.5. The molecule has 0 saturated carbocycles. The molecule has 1 atom stereocenters. The Bertz CT molecular complexity index is 1210. The molecule has 1 aliphatic rings. The predicted octanol–water partition coefficient (Wildman–Crippen LogP) is 2.31. The number of amides is 2. The van der Waals surface area contributed by atoms with E-state index in [0.717, 1.165) is 6.92 Å². The van der Waals surface area contributed by atoms with Gasteiger partial charge in [0.15, 0.2) is 17.3 Å². The van der Waals surface area contributed by atoms with Crippen molar-refractivity contribution in [3.63, 3.8) is 0 Å². The van der Waals surface area contributed by atoms with Crippen LogP contribution >= 0.6 is 0 Å². The number of ether oxygens (including phenoxy) is 2. The SMILES string of the molecule is C=CCOC(=O)C[C@H](NC(=O)C1CCN(C(=O)c2ncccn2)CC1)C(=O)COc1c(C)c(F)cc(F)c1F. The van der Waals surface area contributed by atoms with Crippen molar-refractivity contribution in [2.45, 2.75) is 32.2 Å². The highest BCUT2D eigenvalue weighted by Gasteiger charge is 2.32. The van der Waals surface area contributed by atoms with E-state index < -0.39 is 65.8 Å². The van der Waals surface area contributed by atoms with E-state index in [1.165, 1.54) is 23.4 Å². The molecule has 1 aromatic carbocycles. The van der Waals surface area contributed by atoms with Gasteiger partial charge in [0.2, 0.25) is 17.5 Å². The highest BCUT2D eigenvalue weighted by Crippen LogP contribution is 2.27. The molecule has 0 bridgehead atoms. The average molecular weight is 549 g/mol. The molecule has 3 rings (SSSR count). The minimum Gasteiger partial charge on any atom is -0.482 e. The Kier molecular flexibility index (Phi) is 10.1. The van der Waals surface area contributed by atoms with Crippen LogP contribution in [0.2, 0.25) is 0 Å². The first kappa shape index (κ1) is 29.3. The summed E-state index contributed by atoms with van der Waals surface area (Å²) in [7, 11) is 0. The van der Waals surface area contributed by atoms with Gasteiger partial charge in [-0.2, -0.15) is 4.39 Å². The minimum absolute atomic E-state index is 0.0361. The second-order valence-corrected chi connectivity index (χ2v) is 8.74. The number of ketones is 1. The van der Waals surface area contributed by atoms with Gasteiger partial charge in [0.05, 0.1) is 6.42 Å². The maximum Gasteiger partial charge on any atom is 0.308 e. The van der Waals surface area contributed by atoms with E-state index in [4.69, 9.17) is 9.47 Å².